The first kappa shape index (κ1) is 16.0. The van der Waals surface area contributed by atoms with Gasteiger partial charge in [-0.2, -0.15) is 0 Å². The van der Waals surface area contributed by atoms with Crippen molar-refractivity contribution in [1.82, 2.24) is 0 Å². The fourth-order valence-corrected chi connectivity index (χ4v) is 1.66. The number of hydrogen-bond donors (Lipinski definition) is 1. The van der Waals surface area contributed by atoms with Crippen LogP contribution in [0, 0.1) is 0 Å². The number of rotatable bonds is 6. The van der Waals surface area contributed by atoms with Crippen molar-refractivity contribution < 1.29 is 24.2 Å². The van der Waals surface area contributed by atoms with Crippen LogP contribution >= 0.6 is 11.6 Å². The highest BCUT2D eigenvalue weighted by Crippen LogP contribution is 2.28. The molecule has 0 aromatic heterocycles. The van der Waals surface area contributed by atoms with Gasteiger partial charge in [-0.05, 0) is 32.1 Å². The van der Waals surface area contributed by atoms with E-state index in [1.165, 1.54) is 6.08 Å². The quantitative estimate of drug-likeness (QED) is 0.646. The highest BCUT2D eigenvalue weighted by molar-refractivity contribution is 6.32. The van der Waals surface area contributed by atoms with Gasteiger partial charge in [0.15, 0.2) is 6.10 Å². The fourth-order valence-electron chi connectivity index (χ4n) is 1.43. The summed E-state index contributed by atoms with van der Waals surface area (Å²) in [5.74, 6) is -1.29. The van der Waals surface area contributed by atoms with E-state index in [0.717, 1.165) is 6.08 Å². The van der Waals surface area contributed by atoms with Gasteiger partial charge in [-0.3, -0.25) is 0 Å². The second kappa shape index (κ2) is 7.55. The lowest BCUT2D eigenvalue weighted by Crippen LogP contribution is -2.26. The molecule has 6 heteroatoms. The average Bonchev–Trinajstić information content (AvgIpc) is 2.38. The van der Waals surface area contributed by atoms with Crippen molar-refractivity contribution in [3.8, 4) is 5.75 Å². The molecule has 1 aromatic carbocycles. The number of carboxylic acids is 1. The molecular formula is C14H15ClO5. The molecule has 20 heavy (non-hydrogen) atoms. The van der Waals surface area contributed by atoms with Crippen molar-refractivity contribution in [3.63, 3.8) is 0 Å². The van der Waals surface area contributed by atoms with E-state index in [2.05, 4.69) is 0 Å². The van der Waals surface area contributed by atoms with Crippen molar-refractivity contribution in [1.29, 1.82) is 0 Å². The van der Waals surface area contributed by atoms with Crippen LogP contribution in [-0.4, -0.2) is 29.8 Å². The molecule has 108 valence electrons. The minimum Gasteiger partial charge on any atom is -0.478 e. The molecule has 0 aliphatic carbocycles. The predicted octanol–water partition coefficient (Wildman–Crippen LogP) is 2.77. The van der Waals surface area contributed by atoms with Gasteiger partial charge in [-0.15, -0.1) is 0 Å². The molecule has 0 fully saturated rings. The van der Waals surface area contributed by atoms with Gasteiger partial charge >= 0.3 is 11.9 Å². The van der Waals surface area contributed by atoms with Crippen molar-refractivity contribution in [2.45, 2.75) is 20.0 Å². The molecular weight excluding hydrogens is 284 g/mol. The van der Waals surface area contributed by atoms with Gasteiger partial charge in [0.2, 0.25) is 0 Å². The summed E-state index contributed by atoms with van der Waals surface area (Å²) in [6, 6.07) is 4.85. The van der Waals surface area contributed by atoms with Gasteiger partial charge in [-0.25, -0.2) is 9.59 Å². The first-order valence-electron chi connectivity index (χ1n) is 5.98. The van der Waals surface area contributed by atoms with Gasteiger partial charge in [0.05, 0.1) is 11.6 Å². The Labute approximate surface area is 121 Å². The molecule has 1 N–H and O–H groups in total. The summed E-state index contributed by atoms with van der Waals surface area (Å²) in [5, 5.41) is 8.98. The lowest BCUT2D eigenvalue weighted by atomic mass is 10.2. The van der Waals surface area contributed by atoms with Crippen LogP contribution in [0.5, 0.6) is 5.75 Å². The Balaban J connectivity index is 2.97. The number of carboxylic acid groups (broad SMARTS) is 1. The molecule has 1 unspecified atom stereocenters. The molecule has 5 nitrogen and oxygen atoms in total. The molecule has 0 bridgehead atoms. The van der Waals surface area contributed by atoms with Crippen molar-refractivity contribution in [2.75, 3.05) is 6.61 Å². The molecule has 0 spiro atoms. The minimum atomic E-state index is -1.10. The SMILES string of the molecule is CCOC(=O)C(C)Oc1cccc(Cl)c1/C=C/C(=O)O. The Bertz CT molecular complexity index is 524. The van der Waals surface area contributed by atoms with Crippen LogP contribution in [0.25, 0.3) is 6.08 Å². The maximum Gasteiger partial charge on any atom is 0.347 e. The van der Waals surface area contributed by atoms with Gasteiger partial charge < -0.3 is 14.6 Å². The minimum absolute atomic E-state index is 0.258. The molecule has 1 rings (SSSR count). The Morgan fingerprint density at radius 1 is 1.45 bits per heavy atom. The van der Waals surface area contributed by atoms with E-state index in [0.29, 0.717) is 16.3 Å². The largest absolute Gasteiger partial charge is 0.478 e. The number of benzene rings is 1. The summed E-state index contributed by atoms with van der Waals surface area (Å²) in [6.07, 6.45) is 1.45. The fraction of sp³-hybridized carbons (Fsp3) is 0.286. The second-order valence-electron chi connectivity index (χ2n) is 3.84. The molecule has 0 aliphatic heterocycles. The monoisotopic (exact) mass is 298 g/mol. The maximum absolute atomic E-state index is 11.5. The maximum atomic E-state index is 11.5. The number of carbonyl (C=O) groups is 2. The number of halogens is 1. The van der Waals surface area contributed by atoms with Gasteiger partial charge in [-0.1, -0.05) is 17.7 Å². The van der Waals surface area contributed by atoms with E-state index in [1.807, 2.05) is 0 Å². The van der Waals surface area contributed by atoms with Crippen LogP contribution < -0.4 is 4.74 Å². The highest BCUT2D eigenvalue weighted by atomic mass is 35.5. The number of aliphatic carboxylic acids is 1. The van der Waals surface area contributed by atoms with E-state index in [9.17, 15) is 9.59 Å². The van der Waals surface area contributed by atoms with E-state index in [1.54, 1.807) is 32.0 Å². The summed E-state index contributed by atoms with van der Waals surface area (Å²) in [4.78, 5) is 22.1. The Kier molecular flexibility index (Phi) is 6.06. The molecule has 0 saturated carbocycles. The molecule has 0 saturated heterocycles. The van der Waals surface area contributed by atoms with Gasteiger partial charge in [0.1, 0.15) is 5.75 Å². The Morgan fingerprint density at radius 2 is 2.15 bits per heavy atom. The second-order valence-corrected chi connectivity index (χ2v) is 4.24. The zero-order chi connectivity index (χ0) is 15.1. The third-order valence-corrected chi connectivity index (χ3v) is 2.66. The summed E-state index contributed by atoms with van der Waals surface area (Å²) >= 11 is 6.00. The third kappa shape index (κ3) is 4.59. The Hall–Kier alpha value is -2.01. The summed E-state index contributed by atoms with van der Waals surface area (Å²) in [7, 11) is 0. The standard InChI is InChI=1S/C14H15ClO5/c1-3-19-14(18)9(2)20-12-6-4-5-11(15)10(12)7-8-13(16)17/h4-9H,3H2,1-2H3,(H,16,17)/b8-7+. The van der Waals surface area contributed by atoms with Crippen molar-refractivity contribution in [3.05, 3.63) is 34.9 Å². The van der Waals surface area contributed by atoms with Crippen LogP contribution in [0.2, 0.25) is 5.02 Å². The zero-order valence-corrected chi connectivity index (χ0v) is 11.9. The number of esters is 1. The van der Waals surface area contributed by atoms with Crippen LogP contribution in [-0.2, 0) is 14.3 Å². The van der Waals surface area contributed by atoms with Crippen LogP contribution in [0.1, 0.15) is 19.4 Å². The van der Waals surface area contributed by atoms with E-state index in [-0.39, 0.29) is 6.61 Å². The Morgan fingerprint density at radius 3 is 2.75 bits per heavy atom. The van der Waals surface area contributed by atoms with E-state index >= 15 is 0 Å². The van der Waals surface area contributed by atoms with Crippen molar-refractivity contribution in [2.24, 2.45) is 0 Å². The first-order valence-corrected chi connectivity index (χ1v) is 6.36. The molecule has 0 heterocycles. The topological polar surface area (TPSA) is 72.8 Å². The first-order chi connectivity index (χ1) is 9.45. The third-order valence-electron chi connectivity index (χ3n) is 2.33. The molecule has 1 atom stereocenters. The van der Waals surface area contributed by atoms with E-state index < -0.39 is 18.0 Å². The number of carbonyl (C=O) groups excluding carboxylic acids is 1. The molecule has 0 amide bonds. The van der Waals surface area contributed by atoms with Crippen LogP contribution in [0.15, 0.2) is 24.3 Å². The van der Waals surface area contributed by atoms with Crippen LogP contribution in [0.3, 0.4) is 0 Å². The predicted molar refractivity (Wildman–Crippen MR) is 74.8 cm³/mol. The van der Waals surface area contributed by atoms with Crippen molar-refractivity contribution >= 4 is 29.6 Å². The molecule has 1 aromatic rings. The summed E-state index contributed by atoms with van der Waals surface area (Å²) < 4.78 is 10.3. The van der Waals surface area contributed by atoms with Gasteiger partial charge in [0, 0.05) is 11.6 Å². The molecule has 0 radical (unpaired) electrons. The smallest absolute Gasteiger partial charge is 0.347 e. The van der Waals surface area contributed by atoms with Gasteiger partial charge in [0.25, 0.3) is 0 Å². The average molecular weight is 299 g/mol. The zero-order valence-electron chi connectivity index (χ0n) is 11.1. The normalized spacial score (nSPS) is 12.2. The number of ether oxygens (including phenoxy) is 2. The lowest BCUT2D eigenvalue weighted by Gasteiger charge is -2.15. The summed E-state index contributed by atoms with van der Waals surface area (Å²) in [6.45, 7) is 3.50. The van der Waals surface area contributed by atoms with E-state index in [4.69, 9.17) is 26.2 Å². The highest BCUT2D eigenvalue weighted by Gasteiger charge is 2.17. The lowest BCUT2D eigenvalue weighted by molar-refractivity contribution is -0.150. The number of hydrogen-bond acceptors (Lipinski definition) is 4. The van der Waals surface area contributed by atoms with Crippen LogP contribution in [0.4, 0.5) is 0 Å². The summed E-state index contributed by atoms with van der Waals surface area (Å²) in [5.41, 5.74) is 0.396. The molecule has 0 aliphatic rings.